The highest BCUT2D eigenvalue weighted by Gasteiger charge is 2.19. The number of carboxylic acid groups (broad SMARTS) is 1. The number of anilines is 1. The van der Waals surface area contributed by atoms with Crippen LogP contribution in [0.1, 0.15) is 40.0 Å². The zero-order valence-electron chi connectivity index (χ0n) is 17.8. The van der Waals surface area contributed by atoms with E-state index >= 15 is 0 Å². The van der Waals surface area contributed by atoms with Gasteiger partial charge in [-0.2, -0.15) is 5.26 Å². The number of benzene rings is 3. The predicted octanol–water partition coefficient (Wildman–Crippen LogP) is 5.65. The van der Waals surface area contributed by atoms with E-state index in [0.717, 1.165) is 11.6 Å². The maximum Gasteiger partial charge on any atom is 0.337 e. The molecule has 6 nitrogen and oxygen atoms in total. The molecule has 1 heterocycles. The Morgan fingerprint density at radius 3 is 2.61 bits per heavy atom. The number of nitrogens with zero attached hydrogens (tertiary/aromatic N) is 1. The molecule has 7 heteroatoms. The summed E-state index contributed by atoms with van der Waals surface area (Å²) in [7, 11) is 0. The van der Waals surface area contributed by atoms with Gasteiger partial charge in [0.15, 0.2) is 5.43 Å². The van der Waals surface area contributed by atoms with Gasteiger partial charge in [-0.15, -0.1) is 0 Å². The topological polar surface area (TPSA) is 103 Å². The highest BCUT2D eigenvalue weighted by molar-refractivity contribution is 5.94. The third-order valence-corrected chi connectivity index (χ3v) is 5.36. The van der Waals surface area contributed by atoms with Crippen molar-refractivity contribution < 1.29 is 18.7 Å². The Morgan fingerprint density at radius 1 is 1.15 bits per heavy atom. The molecule has 0 saturated carbocycles. The van der Waals surface area contributed by atoms with Gasteiger partial charge in [-0.1, -0.05) is 18.2 Å². The van der Waals surface area contributed by atoms with Crippen LogP contribution < -0.4 is 10.7 Å². The van der Waals surface area contributed by atoms with Crippen molar-refractivity contribution in [1.29, 1.82) is 5.26 Å². The lowest BCUT2D eigenvalue weighted by Crippen LogP contribution is -2.12. The molecule has 0 aliphatic heterocycles. The number of fused-ring (bicyclic) bond motifs is 1. The average molecular weight is 442 g/mol. The molecule has 0 spiro atoms. The quantitative estimate of drug-likeness (QED) is 0.414. The summed E-state index contributed by atoms with van der Waals surface area (Å²) in [5, 5.41) is 22.0. The van der Waals surface area contributed by atoms with Gasteiger partial charge in [-0.05, 0) is 55.8 Å². The van der Waals surface area contributed by atoms with Gasteiger partial charge in [0.05, 0.1) is 34.2 Å². The first-order chi connectivity index (χ1) is 15.8. The molecule has 0 amide bonds. The number of carbonyl (C=O) groups is 1. The van der Waals surface area contributed by atoms with Crippen molar-refractivity contribution in [3.63, 3.8) is 0 Å². The molecule has 3 aromatic carbocycles. The minimum atomic E-state index is -1.07. The van der Waals surface area contributed by atoms with Crippen molar-refractivity contribution in [3.05, 3.63) is 99.0 Å². The molecule has 1 atom stereocenters. The van der Waals surface area contributed by atoms with Crippen LogP contribution in [0.4, 0.5) is 10.1 Å². The summed E-state index contributed by atoms with van der Waals surface area (Å²) in [5.74, 6) is -1.70. The van der Waals surface area contributed by atoms with Crippen LogP contribution in [-0.2, 0) is 0 Å². The maximum atomic E-state index is 14.6. The summed E-state index contributed by atoms with van der Waals surface area (Å²) >= 11 is 0. The van der Waals surface area contributed by atoms with Crippen molar-refractivity contribution in [2.45, 2.75) is 19.9 Å². The van der Waals surface area contributed by atoms with Gasteiger partial charge >= 0.3 is 5.97 Å². The Bertz CT molecular complexity index is 1500. The number of nitriles is 1. The van der Waals surface area contributed by atoms with Crippen LogP contribution in [-0.4, -0.2) is 11.1 Å². The van der Waals surface area contributed by atoms with Gasteiger partial charge in [0, 0.05) is 17.3 Å². The van der Waals surface area contributed by atoms with E-state index in [-0.39, 0.29) is 33.5 Å². The molecule has 0 aliphatic carbocycles. The lowest BCUT2D eigenvalue weighted by atomic mass is 10.00. The Kier molecular flexibility index (Phi) is 5.67. The highest BCUT2D eigenvalue weighted by Crippen LogP contribution is 2.32. The summed E-state index contributed by atoms with van der Waals surface area (Å²) < 4.78 is 20.6. The van der Waals surface area contributed by atoms with Crippen LogP contribution in [0.3, 0.4) is 0 Å². The first-order valence-electron chi connectivity index (χ1n) is 10.2. The Morgan fingerprint density at radius 2 is 1.91 bits per heavy atom. The van der Waals surface area contributed by atoms with Gasteiger partial charge in [-0.25, -0.2) is 9.18 Å². The van der Waals surface area contributed by atoms with E-state index in [1.54, 1.807) is 24.3 Å². The molecule has 0 unspecified atom stereocenters. The molecule has 1 aromatic heterocycles. The van der Waals surface area contributed by atoms with E-state index in [0.29, 0.717) is 16.6 Å². The smallest absolute Gasteiger partial charge is 0.337 e. The number of carboxylic acids is 1. The fraction of sp³-hybridized carbons (Fsp3) is 0.115. The van der Waals surface area contributed by atoms with Gasteiger partial charge in [-0.3, -0.25) is 4.79 Å². The fourth-order valence-corrected chi connectivity index (χ4v) is 3.78. The van der Waals surface area contributed by atoms with Crippen LogP contribution in [0.25, 0.3) is 22.3 Å². The molecule has 0 saturated heterocycles. The van der Waals surface area contributed by atoms with E-state index in [9.17, 15) is 19.1 Å². The summed E-state index contributed by atoms with van der Waals surface area (Å²) in [4.78, 5) is 24.5. The summed E-state index contributed by atoms with van der Waals surface area (Å²) in [6, 6.07) is 16.7. The first kappa shape index (κ1) is 21.8. The largest absolute Gasteiger partial charge is 0.478 e. The van der Waals surface area contributed by atoms with Crippen molar-refractivity contribution >= 4 is 22.6 Å². The van der Waals surface area contributed by atoms with E-state index in [1.165, 1.54) is 24.3 Å². The molecule has 33 heavy (non-hydrogen) atoms. The molecule has 0 radical (unpaired) electrons. The molecule has 2 N–H and O–H groups in total. The van der Waals surface area contributed by atoms with E-state index in [1.807, 2.05) is 26.0 Å². The number of hydrogen-bond donors (Lipinski definition) is 2. The minimum absolute atomic E-state index is 0.0396. The molecular formula is C26H19FN2O4. The van der Waals surface area contributed by atoms with Crippen LogP contribution in [0.15, 0.2) is 69.9 Å². The predicted molar refractivity (Wildman–Crippen MR) is 123 cm³/mol. The second kappa shape index (κ2) is 8.60. The van der Waals surface area contributed by atoms with Crippen LogP contribution in [0.5, 0.6) is 0 Å². The molecule has 0 fully saturated rings. The molecule has 0 aliphatic rings. The zero-order chi connectivity index (χ0) is 23.7. The van der Waals surface area contributed by atoms with E-state index < -0.39 is 17.8 Å². The van der Waals surface area contributed by atoms with Gasteiger partial charge in [0.25, 0.3) is 0 Å². The number of rotatable bonds is 5. The van der Waals surface area contributed by atoms with Crippen LogP contribution in [0.2, 0.25) is 0 Å². The molecule has 164 valence electrons. The normalized spacial score (nSPS) is 11.7. The number of halogens is 1. The van der Waals surface area contributed by atoms with Crippen molar-refractivity contribution in [1.82, 2.24) is 0 Å². The van der Waals surface area contributed by atoms with Crippen molar-refractivity contribution in [2.75, 3.05) is 5.32 Å². The number of para-hydroxylation sites is 1. The fourth-order valence-electron chi connectivity index (χ4n) is 3.78. The van der Waals surface area contributed by atoms with E-state index in [2.05, 4.69) is 5.32 Å². The molecule has 0 bridgehead atoms. The molecular weight excluding hydrogens is 423 g/mol. The standard InChI is InChI=1S/C26H19FN2O4/c1-14-9-19(15(2)29-22-6-4-3-5-18(22)26(31)32)25-20(10-14)23(30)12-24(33-25)17-8-7-16(13-28)11-21(17)27/h3-12,15,29H,1-2H3,(H,31,32)/t15-/m1/s1. The van der Waals surface area contributed by atoms with Gasteiger partial charge < -0.3 is 14.8 Å². The minimum Gasteiger partial charge on any atom is -0.478 e. The number of aromatic carboxylic acids is 1. The highest BCUT2D eigenvalue weighted by atomic mass is 19.1. The summed E-state index contributed by atoms with van der Waals surface area (Å²) in [6.07, 6.45) is 0. The third-order valence-electron chi connectivity index (χ3n) is 5.36. The summed E-state index contributed by atoms with van der Waals surface area (Å²) in [5.41, 5.74) is 2.15. The van der Waals surface area contributed by atoms with Gasteiger partial charge in [0.1, 0.15) is 17.2 Å². The number of aryl methyl sites for hydroxylation is 1. The Hall–Kier alpha value is -4.44. The van der Waals surface area contributed by atoms with Crippen LogP contribution in [0, 0.1) is 24.1 Å². The Labute approximate surface area is 188 Å². The lowest BCUT2D eigenvalue weighted by Gasteiger charge is -2.19. The van der Waals surface area contributed by atoms with E-state index in [4.69, 9.17) is 9.68 Å². The summed E-state index contributed by atoms with van der Waals surface area (Å²) in [6.45, 7) is 3.66. The zero-order valence-corrected chi connectivity index (χ0v) is 17.8. The third kappa shape index (κ3) is 4.19. The molecule has 4 rings (SSSR count). The Balaban J connectivity index is 1.86. The number of nitrogens with one attached hydrogen (secondary N) is 1. The average Bonchev–Trinajstić information content (AvgIpc) is 2.79. The van der Waals surface area contributed by atoms with Crippen molar-refractivity contribution in [2.24, 2.45) is 0 Å². The maximum absolute atomic E-state index is 14.6. The second-order valence-electron chi connectivity index (χ2n) is 7.73. The van der Waals surface area contributed by atoms with Gasteiger partial charge in [0.2, 0.25) is 0 Å². The van der Waals surface area contributed by atoms with Crippen molar-refractivity contribution in [3.8, 4) is 17.4 Å². The first-order valence-corrected chi connectivity index (χ1v) is 10.2. The monoisotopic (exact) mass is 442 g/mol. The SMILES string of the molecule is Cc1cc([C@@H](C)Nc2ccccc2C(=O)O)c2oc(-c3ccc(C#N)cc3F)cc(=O)c2c1. The molecule has 4 aromatic rings. The number of hydrogen-bond acceptors (Lipinski definition) is 5. The lowest BCUT2D eigenvalue weighted by molar-refractivity contribution is 0.0698. The van der Waals surface area contributed by atoms with Crippen LogP contribution >= 0.6 is 0 Å². The second-order valence-corrected chi connectivity index (χ2v) is 7.73.